The molecule has 6 nitrogen and oxygen atoms in total. The van der Waals surface area contributed by atoms with Crippen molar-refractivity contribution in [1.82, 2.24) is 19.1 Å². The molecule has 240 valence electrons. The molecule has 0 fully saturated rings. The van der Waals surface area contributed by atoms with E-state index in [2.05, 4.69) is 111 Å². The molecule has 51 heavy (non-hydrogen) atoms. The summed E-state index contributed by atoms with van der Waals surface area (Å²) in [7, 11) is 0. The molecule has 0 atom stereocenters. The topological polar surface area (TPSA) is 74.8 Å². The molecule has 0 amide bonds. The standard InChI is InChI=1S/C45H30N6/c46-44(49-45-43(29-15-3-1-4-16-29)47-34-22-10-11-23-35(34)48-45)33-21-9-14-26-38(33)51-37-25-13-8-20-32(37)42-40(51)28-27-39-41(42)31-19-7-12-24-36(31)50(39)30-17-5-2-6-18-30/h1-28H,(H2,46,48,49). The highest BCUT2D eigenvalue weighted by atomic mass is 15.0. The summed E-state index contributed by atoms with van der Waals surface area (Å²) in [5, 5.41) is 14.3. The van der Waals surface area contributed by atoms with Crippen molar-refractivity contribution in [3.8, 4) is 22.6 Å². The fourth-order valence-corrected chi connectivity index (χ4v) is 7.59. The van der Waals surface area contributed by atoms with Gasteiger partial charge < -0.3 is 14.1 Å². The Hall–Kier alpha value is -7.05. The van der Waals surface area contributed by atoms with Gasteiger partial charge in [0.1, 0.15) is 5.69 Å². The minimum Gasteiger partial charge on any atom is -0.337 e. The average molecular weight is 655 g/mol. The van der Waals surface area contributed by atoms with E-state index < -0.39 is 0 Å². The number of H-pyrrole nitrogens is 1. The number of aromatic nitrogens is 4. The molecule has 10 rings (SSSR count). The molecule has 6 heteroatoms. The first-order chi connectivity index (χ1) is 25.2. The average Bonchev–Trinajstić information content (AvgIpc) is 3.71. The molecular formula is C45H30N6. The van der Waals surface area contributed by atoms with Gasteiger partial charge >= 0.3 is 0 Å². The van der Waals surface area contributed by atoms with Gasteiger partial charge in [-0.05, 0) is 60.7 Å². The van der Waals surface area contributed by atoms with Crippen molar-refractivity contribution < 1.29 is 0 Å². The third-order valence-electron chi connectivity index (χ3n) is 9.77. The van der Waals surface area contributed by atoms with E-state index in [-0.39, 0.29) is 5.84 Å². The Labute approximate surface area is 292 Å². The maximum absolute atomic E-state index is 9.50. The Balaban J connectivity index is 1.24. The molecule has 0 saturated heterocycles. The van der Waals surface area contributed by atoms with Crippen LogP contribution in [0.3, 0.4) is 0 Å². The third-order valence-corrected chi connectivity index (χ3v) is 9.77. The minimum atomic E-state index is 0.142. The number of para-hydroxylation sites is 6. The molecule has 0 aliphatic heterocycles. The van der Waals surface area contributed by atoms with Crippen molar-refractivity contribution in [2.75, 3.05) is 0 Å². The largest absolute Gasteiger partial charge is 0.337 e. The zero-order valence-corrected chi connectivity index (χ0v) is 27.5. The maximum Gasteiger partial charge on any atom is 0.159 e. The Bertz CT molecular complexity index is 3040. The lowest BCUT2D eigenvalue weighted by atomic mass is 10.1. The lowest BCUT2D eigenvalue weighted by molar-refractivity contribution is 1.13. The minimum absolute atomic E-state index is 0.142. The number of aromatic amines is 1. The van der Waals surface area contributed by atoms with Crippen LogP contribution in [-0.4, -0.2) is 24.9 Å². The normalized spacial score (nSPS) is 12.1. The fourth-order valence-electron chi connectivity index (χ4n) is 7.59. The zero-order chi connectivity index (χ0) is 33.9. The summed E-state index contributed by atoms with van der Waals surface area (Å²) < 4.78 is 4.65. The first-order valence-corrected chi connectivity index (χ1v) is 17.0. The number of fused-ring (bicyclic) bond motifs is 8. The Morgan fingerprint density at radius 3 is 1.84 bits per heavy atom. The molecule has 0 saturated carbocycles. The molecule has 0 aliphatic rings. The number of hydrogen-bond donors (Lipinski definition) is 2. The van der Waals surface area contributed by atoms with Crippen LogP contribution in [0.5, 0.6) is 0 Å². The summed E-state index contributed by atoms with van der Waals surface area (Å²) >= 11 is 0. The fraction of sp³-hybridized carbons (Fsp3) is 0. The summed E-state index contributed by atoms with van der Waals surface area (Å²) in [5.74, 6) is 0.142. The van der Waals surface area contributed by atoms with Crippen LogP contribution in [0.25, 0.3) is 77.3 Å². The van der Waals surface area contributed by atoms with Crippen molar-refractivity contribution in [3.05, 3.63) is 181 Å². The summed E-state index contributed by atoms with van der Waals surface area (Å²) in [6.45, 7) is 0. The smallest absolute Gasteiger partial charge is 0.159 e. The third kappa shape index (κ3) is 4.54. The monoisotopic (exact) mass is 654 g/mol. The Kier molecular flexibility index (Phi) is 6.54. The van der Waals surface area contributed by atoms with Crippen LogP contribution in [0.15, 0.2) is 175 Å². The van der Waals surface area contributed by atoms with E-state index in [0.29, 0.717) is 16.7 Å². The second kappa shape index (κ2) is 11.5. The van der Waals surface area contributed by atoms with E-state index in [0.717, 1.165) is 49.9 Å². The highest BCUT2D eigenvalue weighted by Crippen LogP contribution is 2.42. The van der Waals surface area contributed by atoms with Gasteiger partial charge in [0.25, 0.3) is 0 Å². The highest BCUT2D eigenvalue weighted by molar-refractivity contribution is 6.29. The van der Waals surface area contributed by atoms with Crippen LogP contribution in [-0.2, 0) is 0 Å². The molecule has 0 bridgehead atoms. The lowest BCUT2D eigenvalue weighted by Crippen LogP contribution is -2.17. The molecule has 0 radical (unpaired) electrons. The van der Waals surface area contributed by atoms with E-state index in [1.807, 2.05) is 72.8 Å². The van der Waals surface area contributed by atoms with Gasteiger partial charge in [0.05, 0.1) is 38.8 Å². The lowest BCUT2D eigenvalue weighted by Gasteiger charge is -2.13. The highest BCUT2D eigenvalue weighted by Gasteiger charge is 2.22. The molecular weight excluding hydrogens is 625 g/mol. The van der Waals surface area contributed by atoms with Crippen LogP contribution in [0.4, 0.5) is 0 Å². The van der Waals surface area contributed by atoms with Crippen LogP contribution < -0.4 is 5.49 Å². The number of hydrogen-bond acceptors (Lipinski definition) is 2. The van der Waals surface area contributed by atoms with Crippen LogP contribution >= 0.6 is 0 Å². The first kappa shape index (κ1) is 28.9. The Morgan fingerprint density at radius 2 is 1.10 bits per heavy atom. The molecule has 7 aromatic carbocycles. The first-order valence-electron chi connectivity index (χ1n) is 17.0. The van der Waals surface area contributed by atoms with Crippen LogP contribution in [0.2, 0.25) is 0 Å². The van der Waals surface area contributed by atoms with E-state index in [1.165, 1.54) is 21.7 Å². The molecule has 0 spiro atoms. The van der Waals surface area contributed by atoms with Gasteiger partial charge in [-0.1, -0.05) is 109 Å². The quantitative estimate of drug-likeness (QED) is 0.144. The van der Waals surface area contributed by atoms with Crippen molar-refractivity contribution in [1.29, 1.82) is 5.41 Å². The predicted octanol–water partition coefficient (Wildman–Crippen LogP) is 10.4. The van der Waals surface area contributed by atoms with Crippen LogP contribution in [0, 0.1) is 5.41 Å². The van der Waals surface area contributed by atoms with Gasteiger partial charge in [0.15, 0.2) is 11.3 Å². The van der Waals surface area contributed by atoms with E-state index in [9.17, 15) is 5.41 Å². The number of rotatable bonds is 4. The van der Waals surface area contributed by atoms with Crippen molar-refractivity contribution in [2.24, 2.45) is 4.99 Å². The molecule has 0 aliphatic carbocycles. The summed E-state index contributed by atoms with van der Waals surface area (Å²) in [6, 6.07) is 58.3. The molecule has 10 aromatic rings. The van der Waals surface area contributed by atoms with Gasteiger partial charge in [-0.3, -0.25) is 5.41 Å². The van der Waals surface area contributed by atoms with Crippen molar-refractivity contribution in [2.45, 2.75) is 0 Å². The van der Waals surface area contributed by atoms with E-state index in [4.69, 9.17) is 9.98 Å². The van der Waals surface area contributed by atoms with Gasteiger partial charge in [-0.2, -0.15) is 0 Å². The summed E-state index contributed by atoms with van der Waals surface area (Å²) in [6.07, 6.45) is 0. The Morgan fingerprint density at radius 1 is 0.529 bits per heavy atom. The second-order valence-corrected chi connectivity index (χ2v) is 12.7. The number of amidine groups is 1. The summed E-state index contributed by atoms with van der Waals surface area (Å²) in [5.41, 5.74) is 11.1. The van der Waals surface area contributed by atoms with Crippen molar-refractivity contribution >= 4 is 60.5 Å². The van der Waals surface area contributed by atoms with E-state index in [1.54, 1.807) is 0 Å². The van der Waals surface area contributed by atoms with E-state index >= 15 is 0 Å². The predicted molar refractivity (Wildman–Crippen MR) is 209 cm³/mol. The molecule has 3 heterocycles. The van der Waals surface area contributed by atoms with Crippen LogP contribution in [0.1, 0.15) is 5.56 Å². The van der Waals surface area contributed by atoms with Gasteiger partial charge in [-0.15, -0.1) is 0 Å². The molecule has 2 N–H and O–H groups in total. The number of nitrogens with one attached hydrogen (secondary N) is 2. The second-order valence-electron chi connectivity index (χ2n) is 12.7. The molecule has 3 aromatic heterocycles. The van der Waals surface area contributed by atoms with Crippen molar-refractivity contribution in [3.63, 3.8) is 0 Å². The zero-order valence-electron chi connectivity index (χ0n) is 27.5. The number of nitrogens with zero attached hydrogens (tertiary/aromatic N) is 4. The molecule has 0 unspecified atom stereocenters. The maximum atomic E-state index is 9.50. The number of benzene rings is 7. The summed E-state index contributed by atoms with van der Waals surface area (Å²) in [4.78, 5) is 13.4. The SMILES string of the molecule is N=C(N=c1[nH]c2ccccc2nc1-c1ccccc1)c1ccccc1-n1c2ccccc2c2c3c4ccccc4n(-c4ccccc4)c3ccc21. The van der Waals surface area contributed by atoms with Gasteiger partial charge in [0, 0.05) is 38.4 Å². The van der Waals surface area contributed by atoms with Gasteiger partial charge in [0.2, 0.25) is 0 Å². The van der Waals surface area contributed by atoms with Gasteiger partial charge in [-0.25, -0.2) is 9.98 Å².